The van der Waals surface area contributed by atoms with Gasteiger partial charge in [-0.3, -0.25) is 39.4 Å². The molecule has 4 heterocycles. The van der Waals surface area contributed by atoms with Crippen LogP contribution in [0.5, 0.6) is 5.75 Å². The number of methoxy groups -OCH3 is 1. The van der Waals surface area contributed by atoms with Crippen molar-refractivity contribution in [1.82, 2.24) is 35.1 Å². The molecule has 0 atom stereocenters. The lowest BCUT2D eigenvalue weighted by atomic mass is 10.0. The van der Waals surface area contributed by atoms with Gasteiger partial charge in [0, 0.05) is 56.1 Å². The van der Waals surface area contributed by atoms with Crippen molar-refractivity contribution in [3.05, 3.63) is 128 Å². The van der Waals surface area contributed by atoms with Gasteiger partial charge in [-0.2, -0.15) is 0 Å². The summed E-state index contributed by atoms with van der Waals surface area (Å²) in [5.74, 6) is -0.502. The number of hydrogen-bond donors (Lipinski definition) is 3. The fourth-order valence-electron chi connectivity index (χ4n) is 8.29. The van der Waals surface area contributed by atoms with Crippen molar-refractivity contribution in [2.24, 2.45) is 0 Å². The van der Waals surface area contributed by atoms with Gasteiger partial charge in [-0.25, -0.2) is 4.68 Å². The van der Waals surface area contributed by atoms with E-state index >= 15 is 0 Å². The standard InChI is InChI=1S/C54H66N10O18/c1-73-48-12-9-43(51-50(48)44(35-57-51)52(66)54(68)61-16-14-60(15-17-61)53(67)39-5-3-2-4-6-39)47-11-8-42(82-47)34-56-49(65)38-81-32-30-79-28-26-77-24-22-75-20-18-62-36-40(58-59-62)37-80-31-29-78-27-25-76-23-21-74-19-13-55-45-10-7-41(63(69)70)33-46(45)64(71)72/h2-12,33,35-36,55,57H,13-32,34,37-38H2,1H3,(H,56,65). The monoisotopic (exact) mass is 1140 g/mol. The van der Waals surface area contributed by atoms with Crippen LogP contribution in [0.15, 0.2) is 89.6 Å². The zero-order valence-electron chi connectivity index (χ0n) is 45.3. The summed E-state index contributed by atoms with van der Waals surface area (Å²) in [5.41, 5.74) is 1.96. The van der Waals surface area contributed by atoms with E-state index in [2.05, 4.69) is 25.9 Å². The minimum Gasteiger partial charge on any atom is -0.496 e. The van der Waals surface area contributed by atoms with Crippen LogP contribution in [-0.4, -0.2) is 202 Å². The number of ether oxygens (including phenoxy) is 9. The molecule has 3 aromatic carbocycles. The quantitative estimate of drug-likeness (QED) is 0.0162. The van der Waals surface area contributed by atoms with Crippen LogP contribution in [0.3, 0.4) is 0 Å². The van der Waals surface area contributed by atoms with Crippen molar-refractivity contribution in [2.75, 3.05) is 144 Å². The Bertz CT molecular complexity index is 3010. The first kappa shape index (κ1) is 61.4. The van der Waals surface area contributed by atoms with Crippen LogP contribution in [0.25, 0.3) is 22.2 Å². The van der Waals surface area contributed by atoms with Crippen molar-refractivity contribution in [3.8, 4) is 17.1 Å². The van der Waals surface area contributed by atoms with Gasteiger partial charge in [0.1, 0.15) is 35.3 Å². The molecule has 82 heavy (non-hydrogen) atoms. The number of carbonyl (C=O) groups is 4. The van der Waals surface area contributed by atoms with E-state index in [0.717, 1.165) is 6.07 Å². The number of amides is 3. The molecule has 1 fully saturated rings. The molecule has 28 heteroatoms. The number of non-ortho nitro benzene ring substituents is 1. The lowest BCUT2D eigenvalue weighted by Gasteiger charge is -2.34. The highest BCUT2D eigenvalue weighted by molar-refractivity contribution is 6.45. The maximum Gasteiger partial charge on any atom is 0.299 e. The maximum absolute atomic E-state index is 13.7. The number of aromatic nitrogens is 4. The number of benzene rings is 3. The number of piperazine rings is 1. The fraction of sp³-hybridized carbons (Fsp3) is 0.444. The van der Waals surface area contributed by atoms with E-state index in [1.165, 1.54) is 30.3 Å². The molecule has 28 nitrogen and oxygen atoms in total. The molecular formula is C54H66N10O18. The number of nitrogens with one attached hydrogen (secondary N) is 3. The second-order valence-electron chi connectivity index (χ2n) is 18.0. The number of aromatic amines is 1. The second kappa shape index (κ2) is 32.9. The molecule has 0 unspecified atom stereocenters. The van der Waals surface area contributed by atoms with Gasteiger partial charge in [0.15, 0.2) is 0 Å². The van der Waals surface area contributed by atoms with Gasteiger partial charge in [0.25, 0.3) is 29.0 Å². The number of nitro benzene ring substituents is 2. The van der Waals surface area contributed by atoms with Crippen LogP contribution in [0.2, 0.25) is 0 Å². The summed E-state index contributed by atoms with van der Waals surface area (Å²) < 4.78 is 57.6. The summed E-state index contributed by atoms with van der Waals surface area (Å²) in [6.45, 7) is 6.66. The first-order valence-electron chi connectivity index (χ1n) is 26.4. The predicted molar refractivity (Wildman–Crippen MR) is 291 cm³/mol. The van der Waals surface area contributed by atoms with Gasteiger partial charge in [-0.1, -0.05) is 23.4 Å². The summed E-state index contributed by atoms with van der Waals surface area (Å²) >= 11 is 0. The summed E-state index contributed by atoms with van der Waals surface area (Å²) in [5, 5.41) is 36.3. The average Bonchev–Trinajstić information content (AvgIpc) is 4.02. The SMILES string of the molecule is COc1ccc(-c2ccc(CNC(=O)COCCOCCOCCOCCn3cc(COCCOCCOCCOCCNc4ccc([N+](=O)[O-])cc4[N+](=O)[O-])nn3)o2)c2[nH]cc(C(=O)C(=O)N3CCN(C(=O)c4ccccc4)CC3)c12. The van der Waals surface area contributed by atoms with Crippen molar-refractivity contribution >= 4 is 51.5 Å². The Kier molecular flexibility index (Phi) is 24.6. The maximum atomic E-state index is 13.7. The molecule has 0 aliphatic carbocycles. The average molecular weight is 1140 g/mol. The van der Waals surface area contributed by atoms with Crippen molar-refractivity contribution in [1.29, 1.82) is 0 Å². The third-order valence-electron chi connectivity index (χ3n) is 12.4. The Morgan fingerprint density at radius 3 is 2.00 bits per heavy atom. The topological polar surface area (TPSA) is 328 Å². The molecule has 3 N–H and O–H groups in total. The smallest absolute Gasteiger partial charge is 0.299 e. The number of ketones is 1. The van der Waals surface area contributed by atoms with Crippen LogP contribution >= 0.6 is 0 Å². The highest BCUT2D eigenvalue weighted by atomic mass is 16.6. The zero-order chi connectivity index (χ0) is 57.9. The normalized spacial score (nSPS) is 12.5. The molecule has 440 valence electrons. The summed E-state index contributed by atoms with van der Waals surface area (Å²) in [6, 6.07) is 19.3. The van der Waals surface area contributed by atoms with Gasteiger partial charge in [-0.05, 0) is 42.5 Å². The van der Waals surface area contributed by atoms with E-state index in [0.29, 0.717) is 137 Å². The zero-order valence-corrected chi connectivity index (χ0v) is 45.3. The highest BCUT2D eigenvalue weighted by Crippen LogP contribution is 2.37. The Labute approximate surface area is 470 Å². The Balaban J connectivity index is 0.651. The molecule has 1 aliphatic rings. The first-order chi connectivity index (χ1) is 40.0. The molecule has 3 aromatic heterocycles. The van der Waals surface area contributed by atoms with E-state index in [4.69, 9.17) is 47.0 Å². The molecule has 1 aliphatic heterocycles. The number of fused-ring (bicyclic) bond motifs is 1. The number of carbonyl (C=O) groups excluding carboxylic acids is 4. The van der Waals surface area contributed by atoms with Crippen LogP contribution in [-0.2, 0) is 67.2 Å². The van der Waals surface area contributed by atoms with Gasteiger partial charge < -0.3 is 72.5 Å². The van der Waals surface area contributed by atoms with Gasteiger partial charge >= 0.3 is 0 Å². The third kappa shape index (κ3) is 18.7. The lowest BCUT2D eigenvalue weighted by Crippen LogP contribution is -2.52. The predicted octanol–water partition coefficient (Wildman–Crippen LogP) is 4.07. The Hall–Kier alpha value is -8.22. The van der Waals surface area contributed by atoms with E-state index in [1.807, 2.05) is 6.07 Å². The van der Waals surface area contributed by atoms with Crippen molar-refractivity contribution in [2.45, 2.75) is 19.7 Å². The highest BCUT2D eigenvalue weighted by Gasteiger charge is 2.31. The first-order valence-corrected chi connectivity index (χ1v) is 26.4. The molecular weight excluding hydrogens is 1080 g/mol. The van der Waals surface area contributed by atoms with E-state index in [-0.39, 0.29) is 93.7 Å². The van der Waals surface area contributed by atoms with Crippen LogP contribution < -0.4 is 15.4 Å². The van der Waals surface area contributed by atoms with E-state index in [1.54, 1.807) is 64.3 Å². The number of furan rings is 1. The number of nitro groups is 2. The third-order valence-corrected chi connectivity index (χ3v) is 12.4. The number of nitrogens with zero attached hydrogens (tertiary/aromatic N) is 7. The number of H-pyrrole nitrogens is 1. The second-order valence-corrected chi connectivity index (χ2v) is 18.0. The molecule has 0 bridgehead atoms. The van der Waals surface area contributed by atoms with Crippen molar-refractivity contribution in [3.63, 3.8) is 0 Å². The lowest BCUT2D eigenvalue weighted by molar-refractivity contribution is -0.393. The molecule has 6 aromatic rings. The Morgan fingerprint density at radius 1 is 0.707 bits per heavy atom. The van der Waals surface area contributed by atoms with Gasteiger partial charge in [0.2, 0.25) is 5.91 Å². The number of hydrogen-bond acceptors (Lipinski definition) is 21. The molecule has 0 radical (unpaired) electrons. The summed E-state index contributed by atoms with van der Waals surface area (Å²) in [7, 11) is 1.48. The fourth-order valence-corrected chi connectivity index (χ4v) is 8.29. The van der Waals surface area contributed by atoms with Crippen LogP contribution in [0.4, 0.5) is 17.1 Å². The largest absolute Gasteiger partial charge is 0.496 e. The molecule has 0 spiro atoms. The number of anilines is 1. The van der Waals surface area contributed by atoms with E-state index < -0.39 is 21.5 Å². The van der Waals surface area contributed by atoms with E-state index in [9.17, 15) is 39.4 Å². The Morgan fingerprint density at radius 2 is 1.34 bits per heavy atom. The van der Waals surface area contributed by atoms with Gasteiger partial charge in [-0.15, -0.1) is 5.10 Å². The minimum absolute atomic E-state index is 0.101. The summed E-state index contributed by atoms with van der Waals surface area (Å²) in [6.07, 6.45) is 3.27. The van der Waals surface area contributed by atoms with Gasteiger partial charge in [0.05, 0.1) is 158 Å². The molecule has 1 saturated heterocycles. The van der Waals surface area contributed by atoms with Crippen LogP contribution in [0.1, 0.15) is 32.2 Å². The van der Waals surface area contributed by atoms with Crippen molar-refractivity contribution < 1.29 is 76.1 Å². The summed E-state index contributed by atoms with van der Waals surface area (Å²) in [4.78, 5) is 79.6. The minimum atomic E-state index is -0.703. The molecule has 0 saturated carbocycles. The van der Waals surface area contributed by atoms with Crippen LogP contribution in [0, 0.1) is 20.2 Å². The molecule has 3 amide bonds. The molecule has 7 rings (SSSR count). The number of rotatable bonds is 38. The number of Topliss-reactive ketones (excluding diaryl/α,β-unsaturated/α-hetero) is 1.